The van der Waals surface area contributed by atoms with Gasteiger partial charge in [0, 0.05) is 12.0 Å². The Morgan fingerprint density at radius 1 is 1.61 bits per heavy atom. The fourth-order valence-electron chi connectivity index (χ4n) is 2.32. The van der Waals surface area contributed by atoms with Gasteiger partial charge in [0.2, 0.25) is 0 Å². The number of fused-ring (bicyclic) bond motifs is 1. The Bertz CT molecular complexity index is 474. The number of ether oxygens (including phenoxy) is 1. The number of hydrogen-bond acceptors (Lipinski definition) is 3. The third-order valence-corrected chi connectivity index (χ3v) is 3.20. The van der Waals surface area contributed by atoms with Crippen molar-refractivity contribution in [1.82, 2.24) is 0 Å². The molecule has 0 fully saturated rings. The van der Waals surface area contributed by atoms with E-state index >= 15 is 0 Å². The fraction of sp³-hybridized carbons (Fsp3) is 0.462. The largest absolute Gasteiger partial charge is 0.490 e. The minimum atomic E-state index is -1.57. The second-order valence-corrected chi connectivity index (χ2v) is 4.59. The quantitative estimate of drug-likeness (QED) is 0.866. The van der Waals surface area contributed by atoms with Crippen molar-refractivity contribution in [2.45, 2.75) is 37.9 Å². The Labute approximate surface area is 104 Å². The van der Waals surface area contributed by atoms with Crippen LogP contribution in [0.3, 0.4) is 0 Å². The molecule has 98 valence electrons. The first-order chi connectivity index (χ1) is 8.44. The minimum Gasteiger partial charge on any atom is -0.490 e. The molecule has 1 heterocycles. The van der Waals surface area contributed by atoms with E-state index in [1.54, 1.807) is 0 Å². The molecule has 0 unspecified atom stereocenters. The van der Waals surface area contributed by atoms with Crippen LogP contribution in [0.5, 0.6) is 5.75 Å². The van der Waals surface area contributed by atoms with E-state index < -0.39 is 23.8 Å². The summed E-state index contributed by atoms with van der Waals surface area (Å²) in [5.74, 6) is -1.28. The van der Waals surface area contributed by atoms with Crippen molar-refractivity contribution < 1.29 is 24.1 Å². The molecule has 0 spiro atoms. The van der Waals surface area contributed by atoms with Crippen LogP contribution in [-0.2, 0) is 10.4 Å². The highest BCUT2D eigenvalue weighted by molar-refractivity contribution is 5.69. The zero-order valence-corrected chi connectivity index (χ0v) is 10.0. The van der Waals surface area contributed by atoms with Crippen molar-refractivity contribution in [2.24, 2.45) is 0 Å². The number of aliphatic hydroxyl groups is 1. The van der Waals surface area contributed by atoms with E-state index in [0.29, 0.717) is 12.2 Å². The number of carboxylic acids is 1. The van der Waals surface area contributed by atoms with Gasteiger partial charge in [-0.15, -0.1) is 0 Å². The number of rotatable bonds is 3. The molecule has 1 aliphatic rings. The van der Waals surface area contributed by atoms with Gasteiger partial charge in [-0.3, -0.25) is 4.79 Å². The number of carboxylic acid groups (broad SMARTS) is 1. The van der Waals surface area contributed by atoms with Gasteiger partial charge >= 0.3 is 5.97 Å². The molecule has 0 aliphatic carbocycles. The zero-order valence-electron chi connectivity index (χ0n) is 10.0. The molecule has 5 heteroatoms. The summed E-state index contributed by atoms with van der Waals surface area (Å²) in [6, 6.07) is 3.81. The lowest BCUT2D eigenvalue weighted by Gasteiger charge is -2.37. The lowest BCUT2D eigenvalue weighted by molar-refractivity contribution is -0.145. The van der Waals surface area contributed by atoms with Gasteiger partial charge in [0.05, 0.1) is 6.42 Å². The topological polar surface area (TPSA) is 66.8 Å². The summed E-state index contributed by atoms with van der Waals surface area (Å²) in [6.07, 6.45) is 0.0983. The van der Waals surface area contributed by atoms with Crippen LogP contribution in [0.1, 0.15) is 31.7 Å². The van der Waals surface area contributed by atoms with Crippen LogP contribution in [0.25, 0.3) is 0 Å². The van der Waals surface area contributed by atoms with Gasteiger partial charge in [-0.25, -0.2) is 4.39 Å². The monoisotopic (exact) mass is 254 g/mol. The van der Waals surface area contributed by atoms with Crippen molar-refractivity contribution in [3.05, 3.63) is 29.6 Å². The van der Waals surface area contributed by atoms with Crippen molar-refractivity contribution >= 4 is 5.97 Å². The van der Waals surface area contributed by atoms with Crippen molar-refractivity contribution in [2.75, 3.05) is 0 Å². The molecule has 4 nitrogen and oxygen atoms in total. The standard InChI is InChI=1S/C13H15FO4/c1-2-9-6-13(17,7-12(15)16)10-5-8(14)3-4-11(10)18-9/h3-5,9,17H,2,6-7H2,1H3,(H,15,16)/t9-,13-/m1/s1. The predicted octanol–water partition coefficient (Wildman–Crippen LogP) is 2.05. The van der Waals surface area contributed by atoms with Gasteiger partial charge in [0.25, 0.3) is 0 Å². The van der Waals surface area contributed by atoms with E-state index in [9.17, 15) is 14.3 Å². The van der Waals surface area contributed by atoms with Crippen LogP contribution < -0.4 is 4.74 Å². The van der Waals surface area contributed by atoms with Crippen LogP contribution >= 0.6 is 0 Å². The highest BCUT2D eigenvalue weighted by Gasteiger charge is 2.41. The van der Waals surface area contributed by atoms with Crippen molar-refractivity contribution in [1.29, 1.82) is 0 Å². The van der Waals surface area contributed by atoms with Crippen LogP contribution in [0.4, 0.5) is 4.39 Å². The number of hydrogen-bond donors (Lipinski definition) is 2. The zero-order chi connectivity index (χ0) is 13.3. The molecule has 0 saturated heterocycles. The lowest BCUT2D eigenvalue weighted by Crippen LogP contribution is -2.39. The molecular formula is C13H15FO4. The smallest absolute Gasteiger partial charge is 0.306 e. The average Bonchev–Trinajstić information content (AvgIpc) is 2.28. The molecule has 0 bridgehead atoms. The van der Waals surface area contributed by atoms with E-state index in [1.165, 1.54) is 12.1 Å². The molecule has 18 heavy (non-hydrogen) atoms. The first-order valence-electron chi connectivity index (χ1n) is 5.85. The molecular weight excluding hydrogens is 239 g/mol. The van der Waals surface area contributed by atoms with E-state index in [4.69, 9.17) is 9.84 Å². The summed E-state index contributed by atoms with van der Waals surface area (Å²) in [5, 5.41) is 19.4. The maximum atomic E-state index is 13.2. The minimum absolute atomic E-state index is 0.159. The summed E-state index contributed by atoms with van der Waals surface area (Å²) < 4.78 is 18.8. The summed E-state index contributed by atoms with van der Waals surface area (Å²) in [5.41, 5.74) is -1.35. The van der Waals surface area contributed by atoms with E-state index in [1.807, 2.05) is 6.92 Å². The van der Waals surface area contributed by atoms with Gasteiger partial charge in [-0.1, -0.05) is 6.92 Å². The number of benzene rings is 1. The Hall–Kier alpha value is -1.62. The predicted molar refractivity (Wildman–Crippen MR) is 61.9 cm³/mol. The molecule has 0 radical (unpaired) electrons. The van der Waals surface area contributed by atoms with Gasteiger partial charge in [0.1, 0.15) is 23.3 Å². The number of halogens is 1. The summed E-state index contributed by atoms with van der Waals surface area (Å²) in [7, 11) is 0. The van der Waals surface area contributed by atoms with Crippen LogP contribution in [0.2, 0.25) is 0 Å². The second-order valence-electron chi connectivity index (χ2n) is 4.59. The second kappa shape index (κ2) is 4.57. The van der Waals surface area contributed by atoms with Crippen molar-refractivity contribution in [3.8, 4) is 5.75 Å². The summed E-state index contributed by atoms with van der Waals surface area (Å²) >= 11 is 0. The Morgan fingerprint density at radius 2 is 2.33 bits per heavy atom. The molecule has 0 aromatic heterocycles. The van der Waals surface area contributed by atoms with E-state index in [0.717, 1.165) is 6.07 Å². The third-order valence-electron chi connectivity index (χ3n) is 3.20. The number of carbonyl (C=O) groups is 1. The average molecular weight is 254 g/mol. The molecule has 1 aromatic carbocycles. The third kappa shape index (κ3) is 2.31. The summed E-state index contributed by atoms with van der Waals surface area (Å²) in [6.45, 7) is 1.89. The van der Waals surface area contributed by atoms with Gasteiger partial charge < -0.3 is 14.9 Å². The van der Waals surface area contributed by atoms with Crippen LogP contribution in [0.15, 0.2) is 18.2 Å². The van der Waals surface area contributed by atoms with Gasteiger partial charge in [-0.2, -0.15) is 0 Å². The molecule has 2 rings (SSSR count). The van der Waals surface area contributed by atoms with Gasteiger partial charge in [0.15, 0.2) is 0 Å². The number of aliphatic carboxylic acids is 1. The molecule has 1 aliphatic heterocycles. The first kappa shape index (κ1) is 12.8. The molecule has 2 atom stereocenters. The molecule has 2 N–H and O–H groups in total. The maximum Gasteiger partial charge on any atom is 0.306 e. The summed E-state index contributed by atoms with van der Waals surface area (Å²) in [4.78, 5) is 10.9. The normalized spacial score (nSPS) is 26.3. The lowest BCUT2D eigenvalue weighted by atomic mass is 9.82. The van der Waals surface area contributed by atoms with Crippen molar-refractivity contribution in [3.63, 3.8) is 0 Å². The highest BCUT2D eigenvalue weighted by Crippen LogP contribution is 2.42. The first-order valence-corrected chi connectivity index (χ1v) is 5.85. The van der Waals surface area contributed by atoms with E-state index in [2.05, 4.69) is 0 Å². The molecule has 1 aromatic rings. The Kier molecular flexibility index (Phi) is 3.26. The molecule has 0 saturated carbocycles. The fourth-order valence-corrected chi connectivity index (χ4v) is 2.32. The van der Waals surface area contributed by atoms with Crippen LogP contribution in [-0.4, -0.2) is 22.3 Å². The maximum absolute atomic E-state index is 13.2. The molecule has 0 amide bonds. The Balaban J connectivity index is 2.46. The van der Waals surface area contributed by atoms with Crippen LogP contribution in [0, 0.1) is 5.82 Å². The highest BCUT2D eigenvalue weighted by atomic mass is 19.1. The van der Waals surface area contributed by atoms with Gasteiger partial charge in [-0.05, 0) is 24.6 Å². The van der Waals surface area contributed by atoms with E-state index in [-0.39, 0.29) is 18.1 Å². The SMILES string of the molecule is CC[C@@H]1C[C@@](O)(CC(=O)O)c2cc(F)ccc2O1. The Morgan fingerprint density at radius 3 is 2.94 bits per heavy atom.